The zero-order valence-electron chi connectivity index (χ0n) is 15.2. The number of allylic oxidation sites excluding steroid dienone is 1. The average Bonchev–Trinajstić information content (AvgIpc) is 2.83. The molecule has 0 aromatic heterocycles. The van der Waals surface area contributed by atoms with Crippen LogP contribution in [0.2, 0.25) is 0 Å². The number of fused-ring (bicyclic) bond motifs is 1. The molecule has 0 spiro atoms. The summed E-state index contributed by atoms with van der Waals surface area (Å²) in [6.45, 7) is 4.23. The molecule has 0 bridgehead atoms. The van der Waals surface area contributed by atoms with E-state index in [1.165, 1.54) is 29.8 Å². The third-order valence-electron chi connectivity index (χ3n) is 4.79. The molecule has 0 radical (unpaired) electrons. The Kier molecular flexibility index (Phi) is 4.80. The summed E-state index contributed by atoms with van der Waals surface area (Å²) in [5.74, 6) is -0.400. The van der Waals surface area contributed by atoms with Crippen molar-refractivity contribution in [1.82, 2.24) is 5.32 Å². The van der Waals surface area contributed by atoms with Gasteiger partial charge in [0.1, 0.15) is 4.99 Å². The van der Waals surface area contributed by atoms with Crippen molar-refractivity contribution in [2.24, 2.45) is 0 Å². The van der Waals surface area contributed by atoms with E-state index in [1.54, 1.807) is 6.08 Å². The lowest BCUT2D eigenvalue weighted by atomic mass is 9.84. The molecule has 1 aliphatic heterocycles. The predicted molar refractivity (Wildman–Crippen MR) is 109 cm³/mol. The van der Waals surface area contributed by atoms with Crippen molar-refractivity contribution in [2.75, 3.05) is 11.9 Å². The van der Waals surface area contributed by atoms with E-state index in [0.29, 0.717) is 10.6 Å². The maximum absolute atomic E-state index is 12.4. The molecule has 1 heterocycles. The number of nitrogens with one attached hydrogen (secondary N) is 1. The second-order valence-electron chi connectivity index (χ2n) is 6.85. The standard InChI is InChI=1S/C20H19N3O3S/c1-20(2)15-6-4-5-7-16(15)22(3)17(20)12-18(27)21-19(24)13-8-10-14(11-9-13)23(25)26/h4-12H,1-3H3,(H,21,24,27)/b17-12+. The summed E-state index contributed by atoms with van der Waals surface area (Å²) >= 11 is 5.36. The number of thiocarbonyl (C=S) groups is 1. The first kappa shape index (κ1) is 18.7. The van der Waals surface area contributed by atoms with E-state index in [2.05, 4.69) is 36.2 Å². The Morgan fingerprint density at radius 3 is 2.41 bits per heavy atom. The Bertz CT molecular complexity index is 965. The summed E-state index contributed by atoms with van der Waals surface area (Å²) in [7, 11) is 1.97. The highest BCUT2D eigenvalue weighted by atomic mass is 32.1. The Balaban J connectivity index is 1.79. The number of carbonyl (C=O) groups is 1. The molecule has 1 amide bonds. The highest BCUT2D eigenvalue weighted by molar-refractivity contribution is 7.80. The van der Waals surface area contributed by atoms with E-state index >= 15 is 0 Å². The third kappa shape index (κ3) is 3.46. The van der Waals surface area contributed by atoms with Gasteiger partial charge in [0.15, 0.2) is 0 Å². The van der Waals surface area contributed by atoms with Crippen molar-refractivity contribution < 1.29 is 9.72 Å². The number of non-ortho nitro benzene ring substituents is 1. The van der Waals surface area contributed by atoms with Crippen LogP contribution in [-0.2, 0) is 5.41 Å². The molecular weight excluding hydrogens is 362 g/mol. The Morgan fingerprint density at radius 2 is 1.81 bits per heavy atom. The number of anilines is 1. The molecule has 7 heteroatoms. The number of nitrogens with zero attached hydrogens (tertiary/aromatic N) is 2. The fraction of sp³-hybridized carbons (Fsp3) is 0.200. The molecule has 0 aliphatic carbocycles. The van der Waals surface area contributed by atoms with Gasteiger partial charge < -0.3 is 10.2 Å². The number of nitro groups is 1. The van der Waals surface area contributed by atoms with Gasteiger partial charge in [-0.15, -0.1) is 0 Å². The summed E-state index contributed by atoms with van der Waals surface area (Å²) in [6.07, 6.45) is 1.79. The highest BCUT2D eigenvalue weighted by Crippen LogP contribution is 2.46. The Hall–Kier alpha value is -3.06. The summed E-state index contributed by atoms with van der Waals surface area (Å²) in [5, 5.41) is 13.4. The number of benzene rings is 2. The first-order chi connectivity index (χ1) is 12.7. The predicted octanol–water partition coefficient (Wildman–Crippen LogP) is 3.96. The van der Waals surface area contributed by atoms with Crippen LogP contribution >= 0.6 is 12.2 Å². The first-order valence-corrected chi connectivity index (χ1v) is 8.78. The molecular formula is C20H19N3O3S. The van der Waals surface area contributed by atoms with Gasteiger partial charge in [0.25, 0.3) is 11.6 Å². The van der Waals surface area contributed by atoms with E-state index in [1.807, 2.05) is 19.2 Å². The van der Waals surface area contributed by atoms with Gasteiger partial charge >= 0.3 is 0 Å². The SMILES string of the molecule is CN1/C(=C/C(=S)NC(=O)c2ccc([N+](=O)[O-])cc2)C(C)(C)c2ccccc21. The molecule has 6 nitrogen and oxygen atoms in total. The number of likely N-dealkylation sites (N-methyl/N-ethyl adjacent to an activating group) is 1. The minimum Gasteiger partial charge on any atom is -0.347 e. The van der Waals surface area contributed by atoms with E-state index < -0.39 is 10.8 Å². The Labute approximate surface area is 162 Å². The topological polar surface area (TPSA) is 75.5 Å². The fourth-order valence-electron chi connectivity index (χ4n) is 3.34. The van der Waals surface area contributed by atoms with Crippen molar-refractivity contribution in [1.29, 1.82) is 0 Å². The second-order valence-corrected chi connectivity index (χ2v) is 7.29. The highest BCUT2D eigenvalue weighted by Gasteiger charge is 2.38. The largest absolute Gasteiger partial charge is 0.347 e. The summed E-state index contributed by atoms with van der Waals surface area (Å²) < 4.78 is 0. The van der Waals surface area contributed by atoms with Gasteiger partial charge in [-0.1, -0.05) is 44.3 Å². The number of amides is 1. The lowest BCUT2D eigenvalue weighted by molar-refractivity contribution is -0.384. The van der Waals surface area contributed by atoms with Crippen LogP contribution in [0.4, 0.5) is 11.4 Å². The number of hydrogen-bond donors (Lipinski definition) is 1. The molecule has 27 heavy (non-hydrogen) atoms. The molecule has 0 saturated heterocycles. The van der Waals surface area contributed by atoms with Crippen molar-refractivity contribution >= 4 is 34.5 Å². The molecule has 1 N–H and O–H groups in total. The quantitative estimate of drug-likeness (QED) is 0.377. The number of carbonyl (C=O) groups excluding carboxylic acids is 1. The van der Waals surface area contributed by atoms with Crippen LogP contribution in [0.1, 0.15) is 29.8 Å². The van der Waals surface area contributed by atoms with Gasteiger partial charge in [-0.2, -0.15) is 0 Å². The van der Waals surface area contributed by atoms with Crippen molar-refractivity contribution in [3.63, 3.8) is 0 Å². The number of para-hydroxylation sites is 1. The molecule has 2 aromatic carbocycles. The number of rotatable bonds is 3. The molecule has 0 fully saturated rings. The van der Waals surface area contributed by atoms with Crippen LogP contribution in [-0.4, -0.2) is 22.9 Å². The lowest BCUT2D eigenvalue weighted by Gasteiger charge is -2.24. The fourth-order valence-corrected chi connectivity index (χ4v) is 3.54. The van der Waals surface area contributed by atoms with Crippen LogP contribution < -0.4 is 10.2 Å². The maximum Gasteiger partial charge on any atom is 0.269 e. The average molecular weight is 381 g/mol. The molecule has 0 unspecified atom stereocenters. The molecule has 3 rings (SSSR count). The van der Waals surface area contributed by atoms with Crippen molar-refractivity contribution in [2.45, 2.75) is 19.3 Å². The second kappa shape index (κ2) is 6.92. The van der Waals surface area contributed by atoms with Crippen LogP contribution in [0, 0.1) is 10.1 Å². The van der Waals surface area contributed by atoms with E-state index in [9.17, 15) is 14.9 Å². The van der Waals surface area contributed by atoms with Gasteiger partial charge in [0, 0.05) is 41.5 Å². The number of nitro benzene ring substituents is 1. The zero-order valence-corrected chi connectivity index (χ0v) is 16.0. The monoisotopic (exact) mass is 381 g/mol. The van der Waals surface area contributed by atoms with E-state index in [0.717, 1.165) is 11.4 Å². The first-order valence-electron chi connectivity index (χ1n) is 8.37. The zero-order chi connectivity index (χ0) is 19.8. The smallest absolute Gasteiger partial charge is 0.269 e. The molecule has 0 atom stereocenters. The van der Waals surface area contributed by atoms with Crippen LogP contribution in [0.3, 0.4) is 0 Å². The van der Waals surface area contributed by atoms with Gasteiger partial charge in [-0.3, -0.25) is 14.9 Å². The van der Waals surface area contributed by atoms with E-state index in [-0.39, 0.29) is 11.1 Å². The van der Waals surface area contributed by atoms with Crippen LogP contribution in [0.25, 0.3) is 0 Å². The van der Waals surface area contributed by atoms with Gasteiger partial charge in [-0.05, 0) is 29.8 Å². The normalized spacial score (nSPS) is 16.1. The van der Waals surface area contributed by atoms with Gasteiger partial charge in [-0.25, -0.2) is 0 Å². The summed E-state index contributed by atoms with van der Waals surface area (Å²) in [6, 6.07) is 13.5. The molecule has 1 aliphatic rings. The van der Waals surface area contributed by atoms with Crippen LogP contribution in [0.5, 0.6) is 0 Å². The van der Waals surface area contributed by atoms with Gasteiger partial charge in [0.2, 0.25) is 0 Å². The molecule has 2 aromatic rings. The van der Waals surface area contributed by atoms with Crippen LogP contribution in [0.15, 0.2) is 60.3 Å². The molecule has 0 saturated carbocycles. The summed E-state index contributed by atoms with van der Waals surface area (Å²) in [4.78, 5) is 24.9. The minimum atomic E-state index is -0.508. The van der Waals surface area contributed by atoms with Crippen molar-refractivity contribution in [3.05, 3.63) is 81.5 Å². The summed E-state index contributed by atoms with van der Waals surface area (Å²) in [5.41, 5.74) is 3.29. The number of hydrogen-bond acceptors (Lipinski definition) is 5. The molecule has 138 valence electrons. The lowest BCUT2D eigenvalue weighted by Crippen LogP contribution is -2.31. The van der Waals surface area contributed by atoms with Crippen molar-refractivity contribution in [3.8, 4) is 0 Å². The minimum absolute atomic E-state index is 0.0664. The van der Waals surface area contributed by atoms with Gasteiger partial charge in [0.05, 0.1) is 4.92 Å². The maximum atomic E-state index is 12.4. The third-order valence-corrected chi connectivity index (χ3v) is 5.01. The Morgan fingerprint density at radius 1 is 1.19 bits per heavy atom. The van der Waals surface area contributed by atoms with E-state index in [4.69, 9.17) is 12.2 Å².